The van der Waals surface area contributed by atoms with Crippen molar-refractivity contribution in [1.29, 1.82) is 0 Å². The van der Waals surface area contributed by atoms with E-state index in [1.807, 2.05) is 6.20 Å². The van der Waals surface area contributed by atoms with E-state index in [4.69, 9.17) is 5.11 Å². The Hall–Kier alpha value is -1.84. The van der Waals surface area contributed by atoms with Gasteiger partial charge < -0.3 is 10.1 Å². The van der Waals surface area contributed by atoms with Crippen molar-refractivity contribution in [3.8, 4) is 0 Å². The summed E-state index contributed by atoms with van der Waals surface area (Å²) in [5.74, 6) is -0.949. The van der Waals surface area contributed by atoms with Crippen LogP contribution in [-0.2, 0) is 5.41 Å². The van der Waals surface area contributed by atoms with Gasteiger partial charge in [-0.15, -0.1) is 0 Å². The molecule has 84 valence electrons. The highest BCUT2D eigenvalue weighted by Gasteiger charge is 2.19. The predicted octanol–water partition coefficient (Wildman–Crippen LogP) is 2.56. The lowest BCUT2D eigenvalue weighted by Crippen LogP contribution is -2.10. The average molecular weight is 218 g/mol. The number of carboxylic acid groups (broad SMARTS) is 1. The molecule has 0 fully saturated rings. The molecule has 2 N–H and O–H groups in total. The Morgan fingerprint density at radius 3 is 2.69 bits per heavy atom. The molecule has 0 aliphatic carbocycles. The minimum absolute atomic E-state index is 0.0307. The van der Waals surface area contributed by atoms with Crippen molar-refractivity contribution in [2.45, 2.75) is 26.2 Å². The molecule has 0 amide bonds. The third-order valence-corrected chi connectivity index (χ3v) is 2.59. The minimum atomic E-state index is -0.949. The molecule has 0 aromatic carbocycles. The summed E-state index contributed by atoms with van der Waals surface area (Å²) in [5, 5.41) is 9.81. The third kappa shape index (κ3) is 1.66. The van der Waals surface area contributed by atoms with Crippen LogP contribution in [0, 0.1) is 0 Å². The third-order valence-electron chi connectivity index (χ3n) is 2.59. The molecule has 4 heteroatoms. The largest absolute Gasteiger partial charge is 0.478 e. The molecule has 2 aromatic rings. The van der Waals surface area contributed by atoms with Crippen LogP contribution in [0.15, 0.2) is 18.5 Å². The van der Waals surface area contributed by atoms with Crippen molar-refractivity contribution in [3.63, 3.8) is 0 Å². The normalized spacial score (nSPS) is 11.9. The number of aromatic nitrogens is 2. The molecule has 0 radical (unpaired) electrons. The molecule has 0 aliphatic rings. The molecule has 4 nitrogen and oxygen atoms in total. The first-order chi connectivity index (χ1) is 7.39. The Kier molecular flexibility index (Phi) is 2.22. The number of carboxylic acids is 1. The van der Waals surface area contributed by atoms with Crippen LogP contribution in [0.2, 0.25) is 0 Å². The van der Waals surface area contributed by atoms with Crippen LogP contribution in [0.1, 0.15) is 36.7 Å². The van der Waals surface area contributed by atoms with Gasteiger partial charge in [0.25, 0.3) is 0 Å². The van der Waals surface area contributed by atoms with Crippen molar-refractivity contribution in [2.24, 2.45) is 0 Å². The number of nitrogens with one attached hydrogen (secondary N) is 1. The van der Waals surface area contributed by atoms with Crippen molar-refractivity contribution < 1.29 is 9.90 Å². The zero-order valence-electron chi connectivity index (χ0n) is 9.53. The minimum Gasteiger partial charge on any atom is -0.478 e. The summed E-state index contributed by atoms with van der Waals surface area (Å²) in [4.78, 5) is 18.0. The topological polar surface area (TPSA) is 66.0 Å². The number of H-pyrrole nitrogens is 1. The first-order valence-corrected chi connectivity index (χ1v) is 5.10. The van der Waals surface area contributed by atoms with Gasteiger partial charge in [0.15, 0.2) is 0 Å². The smallest absolute Gasteiger partial charge is 0.337 e. The molecule has 0 spiro atoms. The van der Waals surface area contributed by atoms with E-state index in [1.54, 1.807) is 6.07 Å². The molecule has 0 atom stereocenters. The highest BCUT2D eigenvalue weighted by Crippen LogP contribution is 2.29. The van der Waals surface area contributed by atoms with Crippen molar-refractivity contribution in [3.05, 3.63) is 29.6 Å². The van der Waals surface area contributed by atoms with Gasteiger partial charge in [0, 0.05) is 17.8 Å². The Balaban J connectivity index is 2.70. The van der Waals surface area contributed by atoms with Crippen LogP contribution < -0.4 is 0 Å². The fourth-order valence-corrected chi connectivity index (χ4v) is 1.74. The summed E-state index contributed by atoms with van der Waals surface area (Å²) in [5.41, 5.74) is 2.00. The number of carbonyl (C=O) groups is 1. The number of aromatic carboxylic acids is 1. The number of nitrogens with zero attached hydrogens (tertiary/aromatic N) is 1. The highest BCUT2D eigenvalue weighted by atomic mass is 16.4. The van der Waals surface area contributed by atoms with E-state index in [0.29, 0.717) is 0 Å². The second-order valence-electron chi connectivity index (χ2n) is 4.88. The second kappa shape index (κ2) is 3.33. The molecular formula is C12H14N2O2. The van der Waals surface area contributed by atoms with Gasteiger partial charge in [0.05, 0.1) is 5.56 Å². The van der Waals surface area contributed by atoms with Gasteiger partial charge in [0.1, 0.15) is 5.65 Å². The Morgan fingerprint density at radius 2 is 2.12 bits per heavy atom. The quantitative estimate of drug-likeness (QED) is 0.773. The van der Waals surface area contributed by atoms with Gasteiger partial charge >= 0.3 is 5.97 Å². The molecule has 2 aromatic heterocycles. The van der Waals surface area contributed by atoms with Gasteiger partial charge in [-0.25, -0.2) is 9.78 Å². The summed E-state index contributed by atoms with van der Waals surface area (Å²) in [6.45, 7) is 6.26. The van der Waals surface area contributed by atoms with Gasteiger partial charge in [-0.1, -0.05) is 20.8 Å². The number of rotatable bonds is 1. The summed E-state index contributed by atoms with van der Waals surface area (Å²) < 4.78 is 0. The zero-order chi connectivity index (χ0) is 11.9. The van der Waals surface area contributed by atoms with Crippen molar-refractivity contribution in [1.82, 2.24) is 9.97 Å². The van der Waals surface area contributed by atoms with E-state index >= 15 is 0 Å². The Bertz CT molecular complexity index is 550. The SMILES string of the molecule is CC(C)(C)c1c[nH]c2ncc(C(=O)O)cc12. The zero-order valence-corrected chi connectivity index (χ0v) is 9.53. The number of aromatic amines is 1. The molecule has 0 saturated carbocycles. The highest BCUT2D eigenvalue weighted by molar-refractivity contribution is 5.93. The van der Waals surface area contributed by atoms with Gasteiger partial charge in [-0.2, -0.15) is 0 Å². The van der Waals surface area contributed by atoms with Crippen molar-refractivity contribution in [2.75, 3.05) is 0 Å². The lowest BCUT2D eigenvalue weighted by Gasteiger charge is -2.17. The van der Waals surface area contributed by atoms with Crippen molar-refractivity contribution >= 4 is 17.0 Å². The molecule has 0 bridgehead atoms. The predicted molar refractivity (Wildman–Crippen MR) is 61.8 cm³/mol. The summed E-state index contributed by atoms with van der Waals surface area (Å²) >= 11 is 0. The molecule has 0 aliphatic heterocycles. The van der Waals surface area contributed by atoms with E-state index in [0.717, 1.165) is 16.6 Å². The van der Waals surface area contributed by atoms with Crippen LogP contribution >= 0.6 is 0 Å². The molecule has 0 unspecified atom stereocenters. The fraction of sp³-hybridized carbons (Fsp3) is 0.333. The van der Waals surface area contributed by atoms with Gasteiger partial charge in [0.2, 0.25) is 0 Å². The molecule has 2 heterocycles. The summed E-state index contributed by atoms with van der Waals surface area (Å²) in [6, 6.07) is 1.67. The standard InChI is InChI=1S/C12H14N2O2/c1-12(2,3)9-6-14-10-8(9)4-7(5-13-10)11(15)16/h4-6H,1-3H3,(H,13,14)(H,15,16). The Morgan fingerprint density at radius 1 is 1.44 bits per heavy atom. The van der Waals surface area contributed by atoms with Crippen LogP contribution in [0.4, 0.5) is 0 Å². The monoisotopic (exact) mass is 218 g/mol. The maximum Gasteiger partial charge on any atom is 0.337 e. The van der Waals surface area contributed by atoms with E-state index in [2.05, 4.69) is 30.7 Å². The number of fused-ring (bicyclic) bond motifs is 1. The van der Waals surface area contributed by atoms with Gasteiger partial charge in [-0.05, 0) is 17.0 Å². The number of pyridine rings is 1. The lowest BCUT2D eigenvalue weighted by molar-refractivity contribution is 0.0696. The lowest BCUT2D eigenvalue weighted by atomic mass is 9.87. The first kappa shape index (κ1) is 10.7. The summed E-state index contributed by atoms with van der Waals surface area (Å²) in [7, 11) is 0. The van der Waals surface area contributed by atoms with Crippen LogP contribution in [-0.4, -0.2) is 21.0 Å². The number of hydrogen-bond acceptors (Lipinski definition) is 2. The maximum absolute atomic E-state index is 10.9. The number of hydrogen-bond donors (Lipinski definition) is 2. The average Bonchev–Trinajstić information content (AvgIpc) is 2.58. The molecule has 2 rings (SSSR count). The van der Waals surface area contributed by atoms with E-state index in [-0.39, 0.29) is 11.0 Å². The van der Waals surface area contributed by atoms with E-state index < -0.39 is 5.97 Å². The molecule has 16 heavy (non-hydrogen) atoms. The molecular weight excluding hydrogens is 204 g/mol. The maximum atomic E-state index is 10.9. The van der Waals surface area contributed by atoms with Crippen LogP contribution in [0.25, 0.3) is 11.0 Å². The fourth-order valence-electron chi connectivity index (χ4n) is 1.74. The molecule has 0 saturated heterocycles. The van der Waals surface area contributed by atoms with E-state index in [9.17, 15) is 4.79 Å². The second-order valence-corrected chi connectivity index (χ2v) is 4.88. The Labute approximate surface area is 93.3 Å². The van der Waals surface area contributed by atoms with Crippen LogP contribution in [0.5, 0.6) is 0 Å². The summed E-state index contributed by atoms with van der Waals surface area (Å²) in [6.07, 6.45) is 3.26. The van der Waals surface area contributed by atoms with Crippen LogP contribution in [0.3, 0.4) is 0 Å². The first-order valence-electron chi connectivity index (χ1n) is 5.10. The van der Waals surface area contributed by atoms with E-state index in [1.165, 1.54) is 6.20 Å². The van der Waals surface area contributed by atoms with Gasteiger partial charge in [-0.3, -0.25) is 0 Å².